The minimum absolute atomic E-state index is 0.276. The molecule has 0 aliphatic heterocycles. The third-order valence-electron chi connectivity index (χ3n) is 6.44. The Morgan fingerprint density at radius 1 is 0.868 bits per heavy atom. The lowest BCUT2D eigenvalue weighted by Gasteiger charge is -2.16. The molecule has 192 valence electrons. The van der Waals surface area contributed by atoms with Crippen molar-refractivity contribution in [1.82, 2.24) is 19.1 Å². The normalized spacial score (nSPS) is 11.1. The van der Waals surface area contributed by atoms with E-state index in [1.165, 1.54) is 17.8 Å². The molecule has 2 aromatic carbocycles. The maximum atomic E-state index is 13.0. The molecule has 0 amide bonds. The van der Waals surface area contributed by atoms with Gasteiger partial charge >= 0.3 is 5.69 Å². The second-order valence-corrected chi connectivity index (χ2v) is 9.50. The SMILES string of the molecule is COc1nc(-c2cccc(-c3cccc(Nc4nccc5c4c(=O)n(C)c(=O)n5C)c3Cl)c2Cl)ccc1C. The van der Waals surface area contributed by atoms with Crippen molar-refractivity contribution in [3.63, 3.8) is 0 Å². The van der Waals surface area contributed by atoms with E-state index in [4.69, 9.17) is 27.9 Å². The summed E-state index contributed by atoms with van der Waals surface area (Å²) in [4.78, 5) is 34.3. The van der Waals surface area contributed by atoms with Gasteiger partial charge in [0.05, 0.1) is 34.1 Å². The Hall–Kier alpha value is -4.14. The Kier molecular flexibility index (Phi) is 6.69. The van der Waals surface area contributed by atoms with Crippen LogP contribution < -0.4 is 21.3 Å². The summed E-state index contributed by atoms with van der Waals surface area (Å²) in [6, 6.07) is 16.6. The second kappa shape index (κ2) is 9.96. The third kappa shape index (κ3) is 4.21. The van der Waals surface area contributed by atoms with Gasteiger partial charge in [-0.3, -0.25) is 13.9 Å². The minimum atomic E-state index is -0.456. The van der Waals surface area contributed by atoms with Crippen molar-refractivity contribution in [2.45, 2.75) is 6.92 Å². The number of pyridine rings is 2. The van der Waals surface area contributed by atoms with Crippen molar-refractivity contribution in [2.75, 3.05) is 12.4 Å². The average Bonchev–Trinajstić information content (AvgIpc) is 2.92. The lowest BCUT2D eigenvalue weighted by atomic mass is 10.00. The van der Waals surface area contributed by atoms with E-state index in [0.29, 0.717) is 44.0 Å². The summed E-state index contributed by atoms with van der Waals surface area (Å²) in [5, 5.41) is 4.33. The Labute approximate surface area is 228 Å². The van der Waals surface area contributed by atoms with Crippen molar-refractivity contribution >= 4 is 45.6 Å². The molecule has 0 aliphatic rings. The lowest BCUT2D eigenvalue weighted by Crippen LogP contribution is -2.37. The monoisotopic (exact) mass is 547 g/mol. The van der Waals surface area contributed by atoms with Gasteiger partial charge in [-0.15, -0.1) is 0 Å². The van der Waals surface area contributed by atoms with Gasteiger partial charge in [-0.1, -0.05) is 59.6 Å². The fourth-order valence-corrected chi connectivity index (χ4v) is 4.99. The molecule has 0 saturated carbocycles. The van der Waals surface area contributed by atoms with Crippen LogP contribution in [0.25, 0.3) is 33.3 Å². The van der Waals surface area contributed by atoms with Crippen LogP contribution >= 0.6 is 23.2 Å². The van der Waals surface area contributed by atoms with Crippen molar-refractivity contribution in [3.8, 4) is 28.3 Å². The summed E-state index contributed by atoms with van der Waals surface area (Å²) in [6.07, 6.45) is 1.53. The molecule has 0 spiro atoms. The van der Waals surface area contributed by atoms with Crippen LogP contribution in [-0.2, 0) is 14.1 Å². The van der Waals surface area contributed by atoms with Gasteiger partial charge in [-0.05, 0) is 25.1 Å². The van der Waals surface area contributed by atoms with Gasteiger partial charge < -0.3 is 10.1 Å². The maximum Gasteiger partial charge on any atom is 0.330 e. The zero-order valence-corrected chi connectivity index (χ0v) is 22.6. The number of ether oxygens (including phenoxy) is 1. The zero-order valence-electron chi connectivity index (χ0n) is 21.0. The van der Waals surface area contributed by atoms with E-state index in [1.54, 1.807) is 26.3 Å². The van der Waals surface area contributed by atoms with E-state index in [9.17, 15) is 9.59 Å². The summed E-state index contributed by atoms with van der Waals surface area (Å²) >= 11 is 13.8. The number of anilines is 2. The molecule has 3 heterocycles. The van der Waals surface area contributed by atoms with Crippen molar-refractivity contribution in [3.05, 3.63) is 97.2 Å². The molecule has 1 N–H and O–H groups in total. The first-order chi connectivity index (χ1) is 18.2. The number of aryl methyl sites for hydroxylation is 2. The van der Waals surface area contributed by atoms with Crippen molar-refractivity contribution in [2.24, 2.45) is 14.1 Å². The van der Waals surface area contributed by atoms with Gasteiger partial charge in [-0.2, -0.15) is 0 Å². The van der Waals surface area contributed by atoms with E-state index < -0.39 is 11.2 Å². The van der Waals surface area contributed by atoms with E-state index in [-0.39, 0.29) is 11.2 Å². The fourth-order valence-electron chi connectivity index (χ4n) is 4.39. The summed E-state index contributed by atoms with van der Waals surface area (Å²) in [6.45, 7) is 1.92. The van der Waals surface area contributed by atoms with E-state index in [1.807, 2.05) is 49.4 Å². The van der Waals surface area contributed by atoms with Crippen LogP contribution in [0, 0.1) is 6.92 Å². The molecule has 0 atom stereocenters. The number of fused-ring (bicyclic) bond motifs is 1. The highest BCUT2D eigenvalue weighted by Gasteiger charge is 2.18. The van der Waals surface area contributed by atoms with E-state index >= 15 is 0 Å². The summed E-state index contributed by atoms with van der Waals surface area (Å²) in [7, 11) is 4.62. The standard InChI is InChI=1S/C28H23Cl2N5O3/c1-15-11-12-19(33-26(15)38-4)18-9-5-7-16(23(18)29)17-8-6-10-20(24(17)30)32-25-22-21(13-14-31-25)34(2)28(37)35(3)27(22)36/h5-14H,1-4H3,(H,31,32). The molecule has 3 aromatic heterocycles. The molecule has 38 heavy (non-hydrogen) atoms. The number of methoxy groups -OCH3 is 1. The van der Waals surface area contributed by atoms with Crippen LogP contribution in [0.15, 0.2) is 70.4 Å². The van der Waals surface area contributed by atoms with Crippen molar-refractivity contribution < 1.29 is 4.74 Å². The summed E-state index contributed by atoms with van der Waals surface area (Å²) in [5.74, 6) is 0.813. The first-order valence-corrected chi connectivity index (χ1v) is 12.4. The highest BCUT2D eigenvalue weighted by molar-refractivity contribution is 6.39. The maximum absolute atomic E-state index is 13.0. The molecule has 10 heteroatoms. The van der Waals surface area contributed by atoms with Gasteiger partial charge in [0.15, 0.2) is 0 Å². The topological polar surface area (TPSA) is 91.0 Å². The quantitative estimate of drug-likeness (QED) is 0.302. The van der Waals surface area contributed by atoms with E-state index in [0.717, 1.165) is 15.7 Å². The Bertz CT molecular complexity index is 1850. The molecular weight excluding hydrogens is 525 g/mol. The number of nitrogens with zero attached hydrogens (tertiary/aromatic N) is 4. The third-order valence-corrected chi connectivity index (χ3v) is 7.26. The molecule has 0 radical (unpaired) electrons. The van der Waals surface area contributed by atoms with Gasteiger partial charge in [0, 0.05) is 42.5 Å². The predicted molar refractivity (Wildman–Crippen MR) is 152 cm³/mol. The average molecular weight is 548 g/mol. The van der Waals surface area contributed by atoms with Crippen LogP contribution in [0.1, 0.15) is 5.56 Å². The fraction of sp³-hybridized carbons (Fsp3) is 0.143. The molecule has 0 fully saturated rings. The highest BCUT2D eigenvalue weighted by atomic mass is 35.5. The largest absolute Gasteiger partial charge is 0.481 e. The summed E-state index contributed by atoms with van der Waals surface area (Å²) in [5.41, 5.74) is 3.82. The van der Waals surface area contributed by atoms with Gasteiger partial charge in [0.1, 0.15) is 11.2 Å². The number of nitrogens with one attached hydrogen (secondary N) is 1. The number of benzene rings is 2. The van der Waals surface area contributed by atoms with Crippen LogP contribution in [0.2, 0.25) is 10.0 Å². The number of rotatable bonds is 5. The minimum Gasteiger partial charge on any atom is -0.481 e. The van der Waals surface area contributed by atoms with Gasteiger partial charge in [0.25, 0.3) is 5.56 Å². The highest BCUT2D eigenvalue weighted by Crippen LogP contribution is 2.42. The summed E-state index contributed by atoms with van der Waals surface area (Å²) < 4.78 is 7.83. The molecule has 0 aliphatic carbocycles. The molecule has 0 bridgehead atoms. The smallest absolute Gasteiger partial charge is 0.330 e. The van der Waals surface area contributed by atoms with Gasteiger partial charge in [0.2, 0.25) is 5.88 Å². The number of aromatic nitrogens is 4. The molecule has 5 aromatic rings. The number of hydrogen-bond donors (Lipinski definition) is 1. The van der Waals surface area contributed by atoms with Crippen LogP contribution in [0.3, 0.4) is 0 Å². The molecule has 0 saturated heterocycles. The van der Waals surface area contributed by atoms with Gasteiger partial charge in [-0.25, -0.2) is 14.8 Å². The molecule has 0 unspecified atom stereocenters. The molecule has 8 nitrogen and oxygen atoms in total. The van der Waals surface area contributed by atoms with E-state index in [2.05, 4.69) is 15.3 Å². The van der Waals surface area contributed by atoms with Crippen LogP contribution in [0.5, 0.6) is 5.88 Å². The molecular formula is C28H23Cl2N5O3. The second-order valence-electron chi connectivity index (χ2n) is 8.74. The predicted octanol–water partition coefficient (Wildman–Crippen LogP) is 5.73. The Morgan fingerprint density at radius 2 is 1.55 bits per heavy atom. The Morgan fingerprint density at radius 3 is 2.29 bits per heavy atom. The lowest BCUT2D eigenvalue weighted by molar-refractivity contribution is 0.395. The number of halogens is 2. The molecule has 5 rings (SSSR count). The zero-order chi connectivity index (χ0) is 27.1. The van der Waals surface area contributed by atoms with Crippen LogP contribution in [0.4, 0.5) is 11.5 Å². The first kappa shape index (κ1) is 25.5. The first-order valence-electron chi connectivity index (χ1n) is 11.6. The Balaban J connectivity index is 1.61. The van der Waals surface area contributed by atoms with Crippen LogP contribution in [-0.4, -0.2) is 26.2 Å². The van der Waals surface area contributed by atoms with Crippen molar-refractivity contribution in [1.29, 1.82) is 0 Å². The number of hydrogen-bond acceptors (Lipinski definition) is 6.